The Bertz CT molecular complexity index is 517. The molecule has 2 aromatic rings. The van der Waals surface area contributed by atoms with Gasteiger partial charge >= 0.3 is 0 Å². The van der Waals surface area contributed by atoms with Crippen molar-refractivity contribution in [1.82, 2.24) is 9.88 Å². The minimum absolute atomic E-state index is 0.221. The van der Waals surface area contributed by atoms with E-state index >= 15 is 0 Å². The van der Waals surface area contributed by atoms with Crippen LogP contribution in [-0.4, -0.2) is 16.7 Å². The highest BCUT2D eigenvalue weighted by molar-refractivity contribution is 5.83. The molecule has 2 nitrogen and oxygen atoms in total. The molecule has 1 aromatic carbocycles. The zero-order valence-corrected chi connectivity index (χ0v) is 12.0. The van der Waals surface area contributed by atoms with E-state index in [2.05, 4.69) is 68.2 Å². The Balaban J connectivity index is 2.00. The fourth-order valence-corrected chi connectivity index (χ4v) is 2.37. The topological polar surface area (TPSA) is 17.0 Å². The molecule has 0 atom stereocenters. The fourth-order valence-electron chi connectivity index (χ4n) is 2.37. The predicted molar refractivity (Wildman–Crippen MR) is 79.0 cm³/mol. The Hall–Kier alpha value is -1.28. The molecule has 0 amide bonds. The lowest BCUT2D eigenvalue weighted by atomic mass is 10.1. The Kier molecular flexibility index (Phi) is 3.76. The van der Waals surface area contributed by atoms with Gasteiger partial charge in [-0.3, -0.25) is 0 Å². The normalized spacial score (nSPS) is 12.2. The van der Waals surface area contributed by atoms with Gasteiger partial charge in [0.2, 0.25) is 0 Å². The number of fused-ring (bicyclic) bond motifs is 1. The molecular weight excluding hydrogens is 220 g/mol. The summed E-state index contributed by atoms with van der Waals surface area (Å²) >= 11 is 0. The van der Waals surface area contributed by atoms with E-state index in [9.17, 15) is 0 Å². The molecule has 0 saturated heterocycles. The van der Waals surface area contributed by atoms with E-state index in [-0.39, 0.29) is 5.54 Å². The molecule has 2 rings (SSSR count). The number of nitrogens with one attached hydrogen (secondary N) is 1. The lowest BCUT2D eigenvalue weighted by molar-refractivity contribution is 0.422. The van der Waals surface area contributed by atoms with Gasteiger partial charge in [0, 0.05) is 29.7 Å². The molecule has 0 bridgehead atoms. The highest BCUT2D eigenvalue weighted by atomic mass is 14.9. The van der Waals surface area contributed by atoms with Gasteiger partial charge in [-0.25, -0.2) is 0 Å². The summed E-state index contributed by atoms with van der Waals surface area (Å²) in [4.78, 5) is 0. The quantitative estimate of drug-likeness (QED) is 0.815. The summed E-state index contributed by atoms with van der Waals surface area (Å²) in [5.41, 5.74) is 3.01. The summed E-state index contributed by atoms with van der Waals surface area (Å²) in [7, 11) is 2.12. The van der Waals surface area contributed by atoms with E-state index in [1.807, 2.05) is 0 Å². The monoisotopic (exact) mass is 244 g/mol. The molecule has 0 saturated carbocycles. The number of rotatable bonds is 4. The molecule has 18 heavy (non-hydrogen) atoms. The standard InChI is InChI=1S/C16H24N2/c1-16(2,3)17-11-7-8-13-12-18(4)15-10-6-5-9-14(13)15/h5-6,9-10,12,17H,7-8,11H2,1-4H3. The van der Waals surface area contributed by atoms with E-state index in [1.54, 1.807) is 0 Å². The van der Waals surface area contributed by atoms with E-state index in [0.29, 0.717) is 0 Å². The van der Waals surface area contributed by atoms with Crippen molar-refractivity contribution in [3.8, 4) is 0 Å². The maximum Gasteiger partial charge on any atom is 0.0480 e. The SMILES string of the molecule is Cn1cc(CCCNC(C)(C)C)c2ccccc21. The van der Waals surface area contributed by atoms with Crippen molar-refractivity contribution in [2.75, 3.05) is 6.54 Å². The molecule has 0 aliphatic heterocycles. The van der Waals surface area contributed by atoms with Gasteiger partial charge in [-0.1, -0.05) is 18.2 Å². The van der Waals surface area contributed by atoms with Crippen molar-refractivity contribution in [1.29, 1.82) is 0 Å². The Labute approximate surface area is 110 Å². The average molecular weight is 244 g/mol. The van der Waals surface area contributed by atoms with Crippen molar-refractivity contribution >= 4 is 10.9 Å². The van der Waals surface area contributed by atoms with E-state index in [0.717, 1.165) is 13.0 Å². The van der Waals surface area contributed by atoms with Crippen molar-refractivity contribution in [3.05, 3.63) is 36.0 Å². The molecule has 1 heterocycles. The maximum atomic E-state index is 3.54. The Morgan fingerprint density at radius 3 is 2.61 bits per heavy atom. The Morgan fingerprint density at radius 1 is 1.17 bits per heavy atom. The van der Waals surface area contributed by atoms with Crippen LogP contribution in [0.15, 0.2) is 30.5 Å². The second-order valence-corrected chi connectivity index (χ2v) is 6.06. The van der Waals surface area contributed by atoms with E-state index < -0.39 is 0 Å². The molecule has 0 spiro atoms. The van der Waals surface area contributed by atoms with E-state index in [1.165, 1.54) is 22.9 Å². The zero-order chi connectivity index (χ0) is 13.2. The summed E-state index contributed by atoms with van der Waals surface area (Å²) in [5.74, 6) is 0. The lowest BCUT2D eigenvalue weighted by Crippen LogP contribution is -2.36. The minimum atomic E-state index is 0.221. The van der Waals surface area contributed by atoms with Gasteiger partial charge in [-0.15, -0.1) is 0 Å². The van der Waals surface area contributed by atoms with Crippen LogP contribution in [0.25, 0.3) is 10.9 Å². The fraction of sp³-hybridized carbons (Fsp3) is 0.500. The summed E-state index contributed by atoms with van der Waals surface area (Å²) in [6, 6.07) is 8.64. The highest BCUT2D eigenvalue weighted by Gasteiger charge is 2.09. The first-order valence-corrected chi connectivity index (χ1v) is 6.75. The third-order valence-electron chi connectivity index (χ3n) is 3.26. The molecular formula is C16H24N2. The number of aryl methyl sites for hydroxylation is 2. The molecule has 98 valence electrons. The van der Waals surface area contributed by atoms with Gasteiger partial charge in [-0.05, 0) is 51.8 Å². The van der Waals surface area contributed by atoms with Gasteiger partial charge in [0.1, 0.15) is 0 Å². The molecule has 0 radical (unpaired) electrons. The number of hydrogen-bond donors (Lipinski definition) is 1. The molecule has 0 unspecified atom stereocenters. The zero-order valence-electron chi connectivity index (χ0n) is 12.0. The summed E-state index contributed by atoms with van der Waals surface area (Å²) in [6.45, 7) is 7.72. The summed E-state index contributed by atoms with van der Waals surface area (Å²) in [5, 5.41) is 4.94. The minimum Gasteiger partial charge on any atom is -0.350 e. The molecule has 0 aliphatic carbocycles. The largest absolute Gasteiger partial charge is 0.350 e. The van der Waals surface area contributed by atoms with Gasteiger partial charge in [0.15, 0.2) is 0 Å². The predicted octanol–water partition coefficient (Wildman–Crippen LogP) is 3.50. The van der Waals surface area contributed by atoms with Crippen LogP contribution in [0.1, 0.15) is 32.8 Å². The first kappa shape index (κ1) is 13.2. The smallest absolute Gasteiger partial charge is 0.0480 e. The number of para-hydroxylation sites is 1. The Morgan fingerprint density at radius 2 is 1.89 bits per heavy atom. The van der Waals surface area contributed by atoms with Crippen LogP contribution in [0.3, 0.4) is 0 Å². The van der Waals surface area contributed by atoms with Crippen LogP contribution < -0.4 is 5.32 Å². The van der Waals surface area contributed by atoms with Crippen LogP contribution in [0, 0.1) is 0 Å². The van der Waals surface area contributed by atoms with Crippen molar-refractivity contribution in [3.63, 3.8) is 0 Å². The number of benzene rings is 1. The van der Waals surface area contributed by atoms with Crippen LogP contribution in [0.5, 0.6) is 0 Å². The van der Waals surface area contributed by atoms with Crippen LogP contribution in [-0.2, 0) is 13.5 Å². The number of aromatic nitrogens is 1. The molecule has 0 fully saturated rings. The first-order chi connectivity index (χ1) is 8.47. The number of hydrogen-bond acceptors (Lipinski definition) is 1. The number of nitrogens with zero attached hydrogens (tertiary/aromatic N) is 1. The van der Waals surface area contributed by atoms with Crippen molar-refractivity contribution in [2.45, 2.75) is 39.2 Å². The van der Waals surface area contributed by atoms with Crippen molar-refractivity contribution in [2.24, 2.45) is 7.05 Å². The summed E-state index contributed by atoms with van der Waals surface area (Å²) < 4.78 is 2.22. The van der Waals surface area contributed by atoms with Crippen LogP contribution in [0.2, 0.25) is 0 Å². The third kappa shape index (κ3) is 3.14. The van der Waals surface area contributed by atoms with Gasteiger partial charge in [0.25, 0.3) is 0 Å². The van der Waals surface area contributed by atoms with Gasteiger partial charge in [-0.2, -0.15) is 0 Å². The highest BCUT2D eigenvalue weighted by Crippen LogP contribution is 2.21. The van der Waals surface area contributed by atoms with Gasteiger partial charge in [0.05, 0.1) is 0 Å². The molecule has 1 aromatic heterocycles. The summed E-state index contributed by atoms with van der Waals surface area (Å²) in [6.07, 6.45) is 4.59. The second-order valence-electron chi connectivity index (χ2n) is 6.06. The van der Waals surface area contributed by atoms with Gasteiger partial charge < -0.3 is 9.88 Å². The van der Waals surface area contributed by atoms with E-state index in [4.69, 9.17) is 0 Å². The maximum absolute atomic E-state index is 3.54. The van der Waals surface area contributed by atoms with Crippen molar-refractivity contribution < 1.29 is 0 Å². The molecule has 0 aliphatic rings. The average Bonchev–Trinajstić information content (AvgIpc) is 2.62. The molecule has 1 N–H and O–H groups in total. The lowest BCUT2D eigenvalue weighted by Gasteiger charge is -2.20. The van der Waals surface area contributed by atoms with Crippen LogP contribution in [0.4, 0.5) is 0 Å². The third-order valence-corrected chi connectivity index (χ3v) is 3.26. The second kappa shape index (κ2) is 5.15. The first-order valence-electron chi connectivity index (χ1n) is 6.75. The van der Waals surface area contributed by atoms with Crippen LogP contribution >= 0.6 is 0 Å². The molecule has 2 heteroatoms.